The molecule has 1 atom stereocenters. The molecule has 1 saturated heterocycles. The van der Waals surface area contributed by atoms with Crippen LogP contribution in [0, 0.1) is 11.2 Å². The molecule has 32 heavy (non-hydrogen) atoms. The fourth-order valence-electron chi connectivity index (χ4n) is 4.32. The van der Waals surface area contributed by atoms with Gasteiger partial charge in [0.2, 0.25) is 12.7 Å². The number of rotatable bonds is 6. The van der Waals surface area contributed by atoms with Gasteiger partial charge < -0.3 is 19.7 Å². The van der Waals surface area contributed by atoms with Gasteiger partial charge in [0.05, 0.1) is 11.7 Å². The van der Waals surface area contributed by atoms with Crippen LogP contribution in [0.1, 0.15) is 38.8 Å². The minimum Gasteiger partial charge on any atom is -0.454 e. The van der Waals surface area contributed by atoms with Crippen LogP contribution < -0.4 is 19.7 Å². The Balaban J connectivity index is 1.48. The molecule has 6 nitrogen and oxygen atoms in total. The van der Waals surface area contributed by atoms with Crippen LogP contribution in [0.25, 0.3) is 0 Å². The first kappa shape index (κ1) is 22.4. The Morgan fingerprint density at radius 3 is 2.50 bits per heavy atom. The number of carbonyl (C=O) groups excluding carboxylic acids is 1. The smallest absolute Gasteiger partial charge is 0.231 e. The van der Waals surface area contributed by atoms with E-state index < -0.39 is 0 Å². The monoisotopic (exact) mass is 441 g/mol. The molecule has 4 rings (SSSR count). The predicted molar refractivity (Wildman–Crippen MR) is 123 cm³/mol. The van der Waals surface area contributed by atoms with Crippen molar-refractivity contribution in [2.45, 2.75) is 33.2 Å². The molecule has 0 radical (unpaired) electrons. The molecule has 1 unspecified atom stereocenters. The Hall–Kier alpha value is -2.80. The summed E-state index contributed by atoms with van der Waals surface area (Å²) in [7, 11) is 0. The lowest BCUT2D eigenvalue weighted by atomic mass is 9.92. The highest BCUT2D eigenvalue weighted by molar-refractivity contribution is 5.76. The topological polar surface area (TPSA) is 54.0 Å². The van der Waals surface area contributed by atoms with Crippen LogP contribution in [-0.2, 0) is 4.79 Å². The zero-order valence-electron chi connectivity index (χ0n) is 19.1. The van der Waals surface area contributed by atoms with Gasteiger partial charge in [-0.1, -0.05) is 39.0 Å². The van der Waals surface area contributed by atoms with E-state index in [0.29, 0.717) is 18.7 Å². The number of amides is 1. The van der Waals surface area contributed by atoms with Gasteiger partial charge in [-0.05, 0) is 35.2 Å². The Kier molecular flexibility index (Phi) is 6.55. The number of benzene rings is 2. The van der Waals surface area contributed by atoms with Crippen molar-refractivity contribution in [2.75, 3.05) is 44.4 Å². The highest BCUT2D eigenvalue weighted by Gasteiger charge is 2.28. The number of halogens is 1. The van der Waals surface area contributed by atoms with Gasteiger partial charge in [0.1, 0.15) is 5.82 Å². The molecular weight excluding hydrogens is 409 g/mol. The van der Waals surface area contributed by atoms with Crippen LogP contribution in [0.3, 0.4) is 0 Å². The average Bonchev–Trinajstić information content (AvgIpc) is 3.22. The van der Waals surface area contributed by atoms with E-state index in [9.17, 15) is 9.18 Å². The molecule has 2 aromatic rings. The van der Waals surface area contributed by atoms with Crippen LogP contribution >= 0.6 is 0 Å². The lowest BCUT2D eigenvalue weighted by Crippen LogP contribution is -2.50. The van der Waals surface area contributed by atoms with E-state index in [1.165, 1.54) is 6.07 Å². The summed E-state index contributed by atoms with van der Waals surface area (Å²) in [6.07, 6.45) is 0.474. The van der Waals surface area contributed by atoms with Gasteiger partial charge in [0, 0.05) is 39.1 Å². The zero-order valence-corrected chi connectivity index (χ0v) is 19.1. The van der Waals surface area contributed by atoms with Gasteiger partial charge >= 0.3 is 0 Å². The quantitative estimate of drug-likeness (QED) is 0.735. The number of nitrogens with zero attached hydrogens (tertiary/aromatic N) is 2. The van der Waals surface area contributed by atoms with E-state index in [4.69, 9.17) is 9.47 Å². The first-order valence-electron chi connectivity index (χ1n) is 11.2. The number of piperazine rings is 1. The fraction of sp³-hybridized carbons (Fsp3) is 0.480. The molecule has 1 amide bonds. The molecule has 0 saturated carbocycles. The number of anilines is 1. The van der Waals surface area contributed by atoms with Gasteiger partial charge in [-0.15, -0.1) is 0 Å². The highest BCUT2D eigenvalue weighted by Crippen LogP contribution is 2.36. The van der Waals surface area contributed by atoms with Gasteiger partial charge in [0.25, 0.3) is 0 Å². The molecule has 0 bridgehead atoms. The molecule has 172 valence electrons. The van der Waals surface area contributed by atoms with E-state index in [1.807, 2.05) is 30.3 Å². The summed E-state index contributed by atoms with van der Waals surface area (Å²) < 4.78 is 25.3. The second-order valence-corrected chi connectivity index (χ2v) is 9.64. The Morgan fingerprint density at radius 1 is 1.06 bits per heavy atom. The molecule has 2 aliphatic rings. The SMILES string of the molecule is CC(C)(C)CC(=O)NCC(c1ccc2c(c1)OCO2)N1CCN(c2ccccc2F)CC1. The summed E-state index contributed by atoms with van der Waals surface area (Å²) in [5.74, 6) is 1.34. The van der Waals surface area contributed by atoms with E-state index in [0.717, 1.165) is 43.2 Å². The molecule has 1 N–H and O–H groups in total. The van der Waals surface area contributed by atoms with Crippen LogP contribution in [0.4, 0.5) is 10.1 Å². The zero-order chi connectivity index (χ0) is 22.7. The van der Waals surface area contributed by atoms with Crippen molar-refractivity contribution in [3.8, 4) is 11.5 Å². The molecule has 0 aliphatic carbocycles. The number of ether oxygens (including phenoxy) is 2. The lowest BCUT2D eigenvalue weighted by molar-refractivity contribution is -0.123. The number of hydrogen-bond donors (Lipinski definition) is 1. The van der Waals surface area contributed by atoms with Crippen molar-refractivity contribution in [1.29, 1.82) is 0 Å². The molecule has 0 spiro atoms. The van der Waals surface area contributed by atoms with Crippen LogP contribution in [0.5, 0.6) is 11.5 Å². The van der Waals surface area contributed by atoms with Gasteiger partial charge in [-0.25, -0.2) is 4.39 Å². The summed E-state index contributed by atoms with van der Waals surface area (Å²) in [6.45, 7) is 9.89. The third-order valence-corrected chi connectivity index (χ3v) is 5.91. The molecule has 7 heteroatoms. The van der Waals surface area contributed by atoms with Crippen LogP contribution in [0.2, 0.25) is 0 Å². The molecule has 2 aliphatic heterocycles. The maximum atomic E-state index is 14.2. The number of hydrogen-bond acceptors (Lipinski definition) is 5. The average molecular weight is 442 g/mol. The van der Waals surface area contributed by atoms with E-state index >= 15 is 0 Å². The van der Waals surface area contributed by atoms with Gasteiger partial charge in [-0.2, -0.15) is 0 Å². The van der Waals surface area contributed by atoms with Crippen LogP contribution in [0.15, 0.2) is 42.5 Å². The number of nitrogens with one attached hydrogen (secondary N) is 1. The molecular formula is C25H32FN3O3. The minimum absolute atomic E-state index is 0.00353. The summed E-state index contributed by atoms with van der Waals surface area (Å²) in [5.41, 5.74) is 1.65. The number of para-hydroxylation sites is 1. The third kappa shape index (κ3) is 5.33. The first-order valence-corrected chi connectivity index (χ1v) is 11.2. The summed E-state index contributed by atoms with van der Waals surface area (Å²) in [4.78, 5) is 17.0. The lowest BCUT2D eigenvalue weighted by Gasteiger charge is -2.40. The Labute approximate surface area is 189 Å². The molecule has 1 fully saturated rings. The van der Waals surface area contributed by atoms with E-state index in [1.54, 1.807) is 6.07 Å². The van der Waals surface area contributed by atoms with E-state index in [2.05, 4.69) is 35.9 Å². The second kappa shape index (κ2) is 9.36. The Bertz CT molecular complexity index is 952. The van der Waals surface area contributed by atoms with Gasteiger partial charge in [-0.3, -0.25) is 9.69 Å². The summed E-state index contributed by atoms with van der Waals surface area (Å²) in [5, 5.41) is 3.13. The highest BCUT2D eigenvalue weighted by atomic mass is 19.1. The van der Waals surface area contributed by atoms with Crippen molar-refractivity contribution in [3.05, 3.63) is 53.8 Å². The predicted octanol–water partition coefficient (Wildman–Crippen LogP) is 3.97. The molecule has 2 aromatic carbocycles. The number of fused-ring (bicyclic) bond motifs is 1. The normalized spacial score (nSPS) is 17.3. The fourth-order valence-corrected chi connectivity index (χ4v) is 4.32. The molecule has 2 heterocycles. The van der Waals surface area contributed by atoms with E-state index in [-0.39, 0.29) is 30.0 Å². The maximum Gasteiger partial charge on any atom is 0.231 e. The Morgan fingerprint density at radius 2 is 1.78 bits per heavy atom. The van der Waals surface area contributed by atoms with Crippen molar-refractivity contribution < 1.29 is 18.7 Å². The standard InChI is InChI=1S/C25H32FN3O3/c1-25(2,3)15-24(30)27-16-21(18-8-9-22-23(14-18)32-17-31-22)29-12-10-28(11-13-29)20-7-5-4-6-19(20)26/h4-9,14,21H,10-13,15-17H2,1-3H3,(H,27,30). The summed E-state index contributed by atoms with van der Waals surface area (Å²) >= 11 is 0. The van der Waals surface area contributed by atoms with Crippen molar-refractivity contribution in [2.24, 2.45) is 5.41 Å². The number of carbonyl (C=O) groups is 1. The van der Waals surface area contributed by atoms with Crippen molar-refractivity contribution in [1.82, 2.24) is 10.2 Å². The van der Waals surface area contributed by atoms with Crippen LogP contribution in [-0.4, -0.2) is 50.3 Å². The third-order valence-electron chi connectivity index (χ3n) is 5.91. The second-order valence-electron chi connectivity index (χ2n) is 9.64. The van der Waals surface area contributed by atoms with Gasteiger partial charge in [0.15, 0.2) is 11.5 Å². The first-order chi connectivity index (χ1) is 15.3. The van der Waals surface area contributed by atoms with Crippen molar-refractivity contribution >= 4 is 11.6 Å². The maximum absolute atomic E-state index is 14.2. The minimum atomic E-state index is -0.192. The van der Waals surface area contributed by atoms with Crippen molar-refractivity contribution in [3.63, 3.8) is 0 Å². The summed E-state index contributed by atoms with van der Waals surface area (Å²) in [6, 6.07) is 12.9. The molecule has 0 aromatic heterocycles. The largest absolute Gasteiger partial charge is 0.454 e.